The molecule has 1 aromatic carbocycles. The number of methoxy groups -OCH3 is 1. The van der Waals surface area contributed by atoms with Crippen LogP contribution in [0.3, 0.4) is 0 Å². The summed E-state index contributed by atoms with van der Waals surface area (Å²) in [5.74, 6) is 2.02. The second-order valence-electron chi connectivity index (χ2n) is 6.22. The molecule has 23 heavy (non-hydrogen) atoms. The largest absolute Gasteiger partial charge is 0.493 e. The van der Waals surface area contributed by atoms with Crippen LogP contribution in [0.5, 0.6) is 17.2 Å². The van der Waals surface area contributed by atoms with E-state index in [1.165, 1.54) is 0 Å². The molecule has 6 nitrogen and oxygen atoms in total. The number of ether oxygens (including phenoxy) is 3. The van der Waals surface area contributed by atoms with Crippen LogP contribution in [0.4, 0.5) is 0 Å². The minimum atomic E-state index is -0.00868. The molecule has 126 valence electrons. The number of likely N-dealkylation sites (tertiary alicyclic amines) is 1. The van der Waals surface area contributed by atoms with Gasteiger partial charge in [0.1, 0.15) is 13.2 Å². The summed E-state index contributed by atoms with van der Waals surface area (Å²) in [5, 5.41) is 0. The summed E-state index contributed by atoms with van der Waals surface area (Å²) in [6, 6.07) is 3.57. The Morgan fingerprint density at radius 1 is 1.39 bits per heavy atom. The molecular formula is C17H24N2O4. The Hall–Kier alpha value is -1.95. The molecular weight excluding hydrogens is 296 g/mol. The van der Waals surface area contributed by atoms with E-state index >= 15 is 0 Å². The standard InChI is InChI=1S/C17H24N2O4/c1-11(18)12-4-3-5-19(10-12)17(20)13-8-14(21-2)16-15(9-13)22-6-7-23-16/h8-9,11-12H,3-7,10,18H2,1-2H3. The van der Waals surface area contributed by atoms with Gasteiger partial charge in [0.2, 0.25) is 5.75 Å². The Balaban J connectivity index is 1.84. The number of benzene rings is 1. The molecule has 2 aliphatic heterocycles. The summed E-state index contributed by atoms with van der Waals surface area (Å²) < 4.78 is 16.5. The number of hydrogen-bond acceptors (Lipinski definition) is 5. The van der Waals surface area contributed by atoms with Gasteiger partial charge in [-0.2, -0.15) is 0 Å². The minimum Gasteiger partial charge on any atom is -0.493 e. The molecule has 0 bridgehead atoms. The van der Waals surface area contributed by atoms with Crippen molar-refractivity contribution in [3.8, 4) is 17.2 Å². The normalized spacial score (nSPS) is 21.7. The van der Waals surface area contributed by atoms with Gasteiger partial charge in [0.05, 0.1) is 7.11 Å². The Bertz CT molecular complexity index is 571. The molecule has 2 heterocycles. The van der Waals surface area contributed by atoms with E-state index in [-0.39, 0.29) is 11.9 Å². The van der Waals surface area contributed by atoms with Crippen molar-refractivity contribution in [1.29, 1.82) is 0 Å². The fourth-order valence-electron chi connectivity index (χ4n) is 3.20. The Labute approximate surface area is 136 Å². The van der Waals surface area contributed by atoms with E-state index in [0.29, 0.717) is 48.5 Å². The third-order valence-corrected chi connectivity index (χ3v) is 4.56. The lowest BCUT2D eigenvalue weighted by Crippen LogP contribution is -2.45. The van der Waals surface area contributed by atoms with Crippen molar-refractivity contribution in [1.82, 2.24) is 4.90 Å². The van der Waals surface area contributed by atoms with Crippen molar-refractivity contribution < 1.29 is 19.0 Å². The van der Waals surface area contributed by atoms with Crippen LogP contribution >= 0.6 is 0 Å². The highest BCUT2D eigenvalue weighted by Crippen LogP contribution is 2.40. The van der Waals surface area contributed by atoms with E-state index < -0.39 is 0 Å². The molecule has 1 amide bonds. The first-order valence-corrected chi connectivity index (χ1v) is 8.12. The van der Waals surface area contributed by atoms with Gasteiger partial charge in [-0.3, -0.25) is 4.79 Å². The first-order valence-electron chi connectivity index (χ1n) is 8.12. The number of fused-ring (bicyclic) bond motifs is 1. The topological polar surface area (TPSA) is 74.0 Å². The Morgan fingerprint density at radius 3 is 2.91 bits per heavy atom. The zero-order chi connectivity index (χ0) is 16.4. The summed E-state index contributed by atoms with van der Waals surface area (Å²) in [5.41, 5.74) is 6.58. The van der Waals surface area contributed by atoms with Gasteiger partial charge >= 0.3 is 0 Å². The molecule has 6 heteroatoms. The molecule has 0 radical (unpaired) electrons. The van der Waals surface area contributed by atoms with Gasteiger partial charge in [0.15, 0.2) is 11.5 Å². The first-order chi connectivity index (χ1) is 11.1. The SMILES string of the molecule is COc1cc(C(=O)N2CCCC(C(C)N)C2)cc2c1OCCO2. The lowest BCUT2D eigenvalue weighted by molar-refractivity contribution is 0.0659. The van der Waals surface area contributed by atoms with E-state index in [4.69, 9.17) is 19.9 Å². The number of nitrogens with zero attached hydrogens (tertiary/aromatic N) is 1. The van der Waals surface area contributed by atoms with Crippen LogP contribution < -0.4 is 19.9 Å². The third kappa shape index (κ3) is 3.22. The molecule has 3 rings (SSSR count). The zero-order valence-corrected chi connectivity index (χ0v) is 13.7. The Morgan fingerprint density at radius 2 is 2.17 bits per heavy atom. The third-order valence-electron chi connectivity index (χ3n) is 4.56. The van der Waals surface area contributed by atoms with Crippen molar-refractivity contribution >= 4 is 5.91 Å². The lowest BCUT2D eigenvalue weighted by Gasteiger charge is -2.35. The van der Waals surface area contributed by atoms with Crippen LogP contribution in [-0.4, -0.2) is 50.3 Å². The fraction of sp³-hybridized carbons (Fsp3) is 0.588. The van der Waals surface area contributed by atoms with Gasteiger partial charge in [0, 0.05) is 24.7 Å². The van der Waals surface area contributed by atoms with Gasteiger partial charge in [-0.1, -0.05) is 0 Å². The highest BCUT2D eigenvalue weighted by molar-refractivity contribution is 5.95. The van der Waals surface area contributed by atoms with Crippen molar-refractivity contribution in [2.24, 2.45) is 11.7 Å². The number of carbonyl (C=O) groups is 1. The molecule has 2 unspecified atom stereocenters. The summed E-state index contributed by atoms with van der Waals surface area (Å²) in [6.45, 7) is 4.43. The molecule has 0 spiro atoms. The van der Waals surface area contributed by atoms with Crippen molar-refractivity contribution in [2.75, 3.05) is 33.4 Å². The van der Waals surface area contributed by atoms with Gasteiger partial charge in [0.25, 0.3) is 5.91 Å². The smallest absolute Gasteiger partial charge is 0.254 e. The van der Waals surface area contributed by atoms with E-state index in [0.717, 1.165) is 19.4 Å². The van der Waals surface area contributed by atoms with Gasteiger partial charge in [-0.15, -0.1) is 0 Å². The van der Waals surface area contributed by atoms with E-state index in [9.17, 15) is 4.79 Å². The number of amides is 1. The molecule has 2 atom stereocenters. The van der Waals surface area contributed by atoms with E-state index in [1.54, 1.807) is 19.2 Å². The maximum absolute atomic E-state index is 12.9. The highest BCUT2D eigenvalue weighted by Gasteiger charge is 2.28. The van der Waals surface area contributed by atoms with Crippen LogP contribution in [0.25, 0.3) is 0 Å². The molecule has 0 saturated carbocycles. The lowest BCUT2D eigenvalue weighted by atomic mass is 9.92. The predicted molar refractivity (Wildman–Crippen MR) is 86.3 cm³/mol. The van der Waals surface area contributed by atoms with Gasteiger partial charge in [-0.05, 0) is 37.8 Å². The van der Waals surface area contributed by atoms with E-state index in [1.807, 2.05) is 11.8 Å². The van der Waals surface area contributed by atoms with Crippen LogP contribution in [0, 0.1) is 5.92 Å². The average molecular weight is 320 g/mol. The van der Waals surface area contributed by atoms with Crippen LogP contribution in [0.1, 0.15) is 30.1 Å². The molecule has 2 N–H and O–H groups in total. The van der Waals surface area contributed by atoms with Crippen LogP contribution in [-0.2, 0) is 0 Å². The second kappa shape index (κ2) is 6.66. The van der Waals surface area contributed by atoms with Crippen molar-refractivity contribution in [2.45, 2.75) is 25.8 Å². The van der Waals surface area contributed by atoms with Crippen LogP contribution in [0.15, 0.2) is 12.1 Å². The number of rotatable bonds is 3. The molecule has 2 aliphatic rings. The fourth-order valence-corrected chi connectivity index (χ4v) is 3.20. The van der Waals surface area contributed by atoms with Gasteiger partial charge in [-0.25, -0.2) is 0 Å². The number of hydrogen-bond donors (Lipinski definition) is 1. The van der Waals surface area contributed by atoms with Gasteiger partial charge < -0.3 is 24.8 Å². The highest BCUT2D eigenvalue weighted by atomic mass is 16.6. The zero-order valence-electron chi connectivity index (χ0n) is 13.7. The summed E-state index contributed by atoms with van der Waals surface area (Å²) in [4.78, 5) is 14.7. The first kappa shape index (κ1) is 15.9. The molecule has 1 fully saturated rings. The van der Waals surface area contributed by atoms with Crippen molar-refractivity contribution in [3.05, 3.63) is 17.7 Å². The summed E-state index contributed by atoms with van der Waals surface area (Å²) in [7, 11) is 1.56. The molecule has 1 saturated heterocycles. The maximum atomic E-state index is 12.9. The molecule has 1 aromatic rings. The predicted octanol–water partition coefficient (Wildman–Crippen LogP) is 1.67. The number of piperidine rings is 1. The molecule has 0 aromatic heterocycles. The van der Waals surface area contributed by atoms with Crippen molar-refractivity contribution in [3.63, 3.8) is 0 Å². The monoisotopic (exact) mass is 320 g/mol. The van der Waals surface area contributed by atoms with Crippen LogP contribution in [0.2, 0.25) is 0 Å². The molecule has 0 aliphatic carbocycles. The minimum absolute atomic E-state index is 0.00868. The second-order valence-corrected chi connectivity index (χ2v) is 6.22. The Kier molecular flexibility index (Phi) is 4.61. The summed E-state index contributed by atoms with van der Waals surface area (Å²) in [6.07, 6.45) is 2.06. The summed E-state index contributed by atoms with van der Waals surface area (Å²) >= 11 is 0. The average Bonchev–Trinajstić information content (AvgIpc) is 2.60. The quantitative estimate of drug-likeness (QED) is 0.917. The van der Waals surface area contributed by atoms with E-state index in [2.05, 4.69) is 0 Å². The maximum Gasteiger partial charge on any atom is 0.254 e. The number of nitrogens with two attached hydrogens (primary N) is 1. The number of carbonyl (C=O) groups excluding carboxylic acids is 1.